The van der Waals surface area contributed by atoms with Gasteiger partial charge in [0, 0.05) is 0 Å². The monoisotopic (exact) mass is 121 g/mol. The van der Waals surface area contributed by atoms with Crippen LogP contribution in [-0.2, 0) is 0 Å². The van der Waals surface area contributed by atoms with E-state index in [0.717, 1.165) is 0 Å². The zero-order chi connectivity index (χ0) is 5.82. The van der Waals surface area contributed by atoms with Crippen molar-refractivity contribution in [3.8, 4) is 0 Å². The summed E-state index contributed by atoms with van der Waals surface area (Å²) in [5.74, 6) is 0. The Hall–Kier alpha value is -0.563. The van der Waals surface area contributed by atoms with E-state index in [9.17, 15) is 0 Å². The Balaban J connectivity index is 2.83. The molecule has 0 saturated carbocycles. The molecule has 0 N–H and O–H groups in total. The van der Waals surface area contributed by atoms with Gasteiger partial charge in [0.25, 0.3) is 0 Å². The highest BCUT2D eigenvalue weighted by Gasteiger charge is 1.81. The second kappa shape index (κ2) is 2.67. The highest BCUT2D eigenvalue weighted by molar-refractivity contribution is 6.51. The number of rotatable bonds is 1. The third kappa shape index (κ3) is 1.20. The molecule has 0 aromatic heterocycles. The van der Waals surface area contributed by atoms with Gasteiger partial charge >= 0.3 is 0 Å². The summed E-state index contributed by atoms with van der Waals surface area (Å²) in [4.78, 5) is 0. The maximum absolute atomic E-state index is 2.25. The molecule has 0 bridgehead atoms. The summed E-state index contributed by atoms with van der Waals surface area (Å²) < 4.78 is 0. The van der Waals surface area contributed by atoms with Gasteiger partial charge in [0.05, 0.1) is 9.52 Å². The van der Waals surface area contributed by atoms with E-state index in [4.69, 9.17) is 0 Å². The molecule has 0 aliphatic carbocycles. The smallest absolute Gasteiger partial charge is 0.0635 e. The van der Waals surface area contributed by atoms with Gasteiger partial charge in [-0.3, -0.25) is 0 Å². The van der Waals surface area contributed by atoms with E-state index in [1.807, 2.05) is 0 Å². The van der Waals surface area contributed by atoms with Gasteiger partial charge in [-0.15, -0.1) is 0 Å². The summed E-state index contributed by atoms with van der Waals surface area (Å²) in [5.41, 5.74) is 0. The minimum Gasteiger partial charge on any atom is -0.0699 e. The molecular weight excluding hydrogens is 112 g/mol. The van der Waals surface area contributed by atoms with E-state index in [1.54, 1.807) is 0 Å². The van der Waals surface area contributed by atoms with E-state index in [1.165, 1.54) is 5.19 Å². The Kier molecular flexibility index (Phi) is 1.86. The van der Waals surface area contributed by atoms with Gasteiger partial charge in [-0.25, -0.2) is 0 Å². The molecule has 0 amide bonds. The highest BCUT2D eigenvalue weighted by Crippen LogP contribution is 1.79. The van der Waals surface area contributed by atoms with Crippen LogP contribution in [0.25, 0.3) is 0 Å². The molecule has 1 aromatic carbocycles. The van der Waals surface area contributed by atoms with Crippen LogP contribution in [0.2, 0.25) is 6.55 Å². The molecule has 0 nitrogen and oxygen atoms in total. The molecule has 1 radical (unpaired) electrons. The SMILES string of the molecule is C[SiH]c1ccccc1. The first-order valence-electron chi connectivity index (χ1n) is 2.78. The lowest BCUT2D eigenvalue weighted by Crippen LogP contribution is -2.07. The van der Waals surface area contributed by atoms with Crippen molar-refractivity contribution in [2.24, 2.45) is 0 Å². The maximum Gasteiger partial charge on any atom is 0.0635 e. The zero-order valence-electron chi connectivity index (χ0n) is 4.96. The Morgan fingerprint density at radius 1 is 1.12 bits per heavy atom. The van der Waals surface area contributed by atoms with Crippen molar-refractivity contribution in [1.29, 1.82) is 0 Å². The second-order valence-electron chi connectivity index (χ2n) is 1.70. The molecule has 0 saturated heterocycles. The van der Waals surface area contributed by atoms with E-state index < -0.39 is 0 Å². The van der Waals surface area contributed by atoms with E-state index in [2.05, 4.69) is 36.9 Å². The van der Waals surface area contributed by atoms with Crippen LogP contribution in [-0.4, -0.2) is 9.52 Å². The van der Waals surface area contributed by atoms with Crippen LogP contribution < -0.4 is 5.19 Å². The van der Waals surface area contributed by atoms with E-state index in [0.29, 0.717) is 9.52 Å². The molecule has 1 aromatic rings. The third-order valence-corrected chi connectivity index (χ3v) is 2.18. The first-order valence-corrected chi connectivity index (χ1v) is 4.51. The number of hydrogen-bond acceptors (Lipinski definition) is 0. The summed E-state index contributed by atoms with van der Waals surface area (Å²) >= 11 is 0. The van der Waals surface area contributed by atoms with Crippen LogP contribution in [0.5, 0.6) is 0 Å². The molecule has 0 aliphatic rings. The molecule has 1 rings (SSSR count). The highest BCUT2D eigenvalue weighted by atomic mass is 28.2. The Morgan fingerprint density at radius 3 is 2.12 bits per heavy atom. The van der Waals surface area contributed by atoms with Gasteiger partial charge in [-0.2, -0.15) is 0 Å². The fraction of sp³-hybridized carbons (Fsp3) is 0.143. The first kappa shape index (κ1) is 5.57. The standard InChI is InChI=1S/C7H9Si/c1-8-7-5-3-2-4-6-7/h2-6,8H,1H3. The molecule has 0 fully saturated rings. The van der Waals surface area contributed by atoms with Crippen molar-refractivity contribution < 1.29 is 0 Å². The average Bonchev–Trinajstić information content (AvgIpc) is 1.90. The van der Waals surface area contributed by atoms with Gasteiger partial charge in [0.15, 0.2) is 0 Å². The molecule has 0 unspecified atom stereocenters. The van der Waals surface area contributed by atoms with Crippen LogP contribution >= 0.6 is 0 Å². The van der Waals surface area contributed by atoms with Crippen LogP contribution in [0.15, 0.2) is 30.3 Å². The summed E-state index contributed by atoms with van der Waals surface area (Å²) in [7, 11) is 0.511. The molecule has 8 heavy (non-hydrogen) atoms. The van der Waals surface area contributed by atoms with Crippen molar-refractivity contribution in [3.63, 3.8) is 0 Å². The summed E-state index contributed by atoms with van der Waals surface area (Å²) in [6.45, 7) is 2.25. The quantitative estimate of drug-likeness (QED) is 0.482. The van der Waals surface area contributed by atoms with Crippen molar-refractivity contribution in [1.82, 2.24) is 0 Å². The largest absolute Gasteiger partial charge is 0.0699 e. The Bertz CT molecular complexity index is 146. The summed E-state index contributed by atoms with van der Waals surface area (Å²) in [5, 5.41) is 1.49. The maximum atomic E-state index is 2.25. The van der Waals surface area contributed by atoms with Crippen molar-refractivity contribution in [2.75, 3.05) is 0 Å². The van der Waals surface area contributed by atoms with E-state index >= 15 is 0 Å². The molecule has 0 aliphatic heterocycles. The van der Waals surface area contributed by atoms with Crippen LogP contribution in [0, 0.1) is 0 Å². The number of benzene rings is 1. The second-order valence-corrected chi connectivity index (χ2v) is 2.94. The van der Waals surface area contributed by atoms with Crippen molar-refractivity contribution >= 4 is 14.7 Å². The van der Waals surface area contributed by atoms with E-state index in [-0.39, 0.29) is 0 Å². The van der Waals surface area contributed by atoms with Crippen LogP contribution in [0.1, 0.15) is 0 Å². The topological polar surface area (TPSA) is 0 Å². The summed E-state index contributed by atoms with van der Waals surface area (Å²) in [6, 6.07) is 10.6. The fourth-order valence-corrected chi connectivity index (χ4v) is 1.25. The predicted octanol–water partition coefficient (Wildman–Crippen LogP) is 0.796. The minimum absolute atomic E-state index is 0.511. The van der Waals surface area contributed by atoms with Gasteiger partial charge in [-0.1, -0.05) is 42.1 Å². The zero-order valence-corrected chi connectivity index (χ0v) is 6.12. The summed E-state index contributed by atoms with van der Waals surface area (Å²) in [6.07, 6.45) is 0. The molecule has 0 atom stereocenters. The van der Waals surface area contributed by atoms with Gasteiger partial charge in [0.1, 0.15) is 0 Å². The lowest BCUT2D eigenvalue weighted by atomic mass is 10.4. The van der Waals surface area contributed by atoms with Gasteiger partial charge in [-0.05, 0) is 0 Å². The Labute approximate surface area is 52.4 Å². The molecule has 41 valence electrons. The molecule has 1 heteroatoms. The number of hydrogen-bond donors (Lipinski definition) is 0. The minimum atomic E-state index is 0.511. The van der Waals surface area contributed by atoms with Gasteiger partial charge in [0.2, 0.25) is 0 Å². The average molecular weight is 121 g/mol. The Morgan fingerprint density at radius 2 is 1.75 bits per heavy atom. The van der Waals surface area contributed by atoms with Crippen molar-refractivity contribution in [2.45, 2.75) is 6.55 Å². The lowest BCUT2D eigenvalue weighted by Gasteiger charge is -1.88. The molecule has 0 heterocycles. The molecule has 0 spiro atoms. The lowest BCUT2D eigenvalue weighted by molar-refractivity contribution is 1.77. The van der Waals surface area contributed by atoms with Crippen LogP contribution in [0.3, 0.4) is 0 Å². The normalized spacial score (nSPS) is 9.12. The fourth-order valence-electron chi connectivity index (χ4n) is 0.645. The first-order chi connectivity index (χ1) is 3.93. The predicted molar refractivity (Wildman–Crippen MR) is 39.1 cm³/mol. The van der Waals surface area contributed by atoms with Crippen LogP contribution in [0.4, 0.5) is 0 Å². The van der Waals surface area contributed by atoms with Gasteiger partial charge < -0.3 is 0 Å². The van der Waals surface area contributed by atoms with Crippen molar-refractivity contribution in [3.05, 3.63) is 30.3 Å². The third-order valence-electron chi connectivity index (χ3n) is 1.13. The molecular formula is C7H9Si.